The van der Waals surface area contributed by atoms with Crippen molar-refractivity contribution >= 4 is 17.6 Å². The Labute approximate surface area is 105 Å². The van der Waals surface area contributed by atoms with Crippen molar-refractivity contribution in [3.05, 3.63) is 23.8 Å². The van der Waals surface area contributed by atoms with E-state index >= 15 is 0 Å². The second-order valence-electron chi connectivity index (χ2n) is 3.49. The van der Waals surface area contributed by atoms with Crippen LogP contribution in [0.1, 0.15) is 17.3 Å². The van der Waals surface area contributed by atoms with E-state index in [2.05, 4.69) is 5.32 Å². The smallest absolute Gasteiger partial charge is 0.338 e. The Balaban J connectivity index is 2.62. The van der Waals surface area contributed by atoms with Gasteiger partial charge in [0.05, 0.1) is 18.4 Å². The lowest BCUT2D eigenvalue weighted by molar-refractivity contribution is -0.124. The van der Waals surface area contributed by atoms with Gasteiger partial charge >= 0.3 is 5.97 Å². The molecule has 1 amide bonds. The zero-order chi connectivity index (χ0) is 13.5. The quantitative estimate of drug-likeness (QED) is 0.590. The predicted molar refractivity (Wildman–Crippen MR) is 66.4 cm³/mol. The maximum Gasteiger partial charge on any atom is 0.338 e. The van der Waals surface area contributed by atoms with Crippen LogP contribution in [0.5, 0.6) is 5.75 Å². The van der Waals surface area contributed by atoms with Gasteiger partial charge in [0, 0.05) is 6.54 Å². The van der Waals surface area contributed by atoms with E-state index in [1.54, 1.807) is 13.0 Å². The van der Waals surface area contributed by atoms with Gasteiger partial charge in [-0.1, -0.05) is 0 Å². The van der Waals surface area contributed by atoms with Crippen molar-refractivity contribution in [1.82, 2.24) is 5.32 Å². The average molecular weight is 252 g/mol. The van der Waals surface area contributed by atoms with E-state index in [0.717, 1.165) is 0 Å². The highest BCUT2D eigenvalue weighted by Gasteiger charge is 2.11. The third kappa shape index (κ3) is 3.65. The lowest BCUT2D eigenvalue weighted by Gasteiger charge is -2.07. The lowest BCUT2D eigenvalue weighted by Crippen LogP contribution is -2.28. The van der Waals surface area contributed by atoms with Crippen molar-refractivity contribution in [2.45, 2.75) is 6.92 Å². The van der Waals surface area contributed by atoms with Crippen molar-refractivity contribution in [2.24, 2.45) is 0 Å². The number of methoxy groups -OCH3 is 1. The van der Waals surface area contributed by atoms with Gasteiger partial charge in [0.25, 0.3) is 5.91 Å². The first-order valence-electron chi connectivity index (χ1n) is 5.45. The summed E-state index contributed by atoms with van der Waals surface area (Å²) in [5.74, 6) is -0.460. The zero-order valence-corrected chi connectivity index (χ0v) is 10.4. The number of carbonyl (C=O) groups is 2. The minimum Gasteiger partial charge on any atom is -0.495 e. The Hall–Kier alpha value is -2.24. The summed E-state index contributed by atoms with van der Waals surface area (Å²) in [5.41, 5.74) is 6.27. The predicted octanol–water partition coefficient (Wildman–Crippen LogP) is 0.570. The Bertz CT molecular complexity index is 446. The van der Waals surface area contributed by atoms with Crippen molar-refractivity contribution in [1.29, 1.82) is 0 Å². The number of nitrogen functional groups attached to an aromatic ring is 1. The standard InChI is InChI=1S/C12H16N2O4/c1-3-14-11(15)7-18-12(16)8-4-5-10(17-2)9(13)6-8/h4-6H,3,7,13H2,1-2H3,(H,14,15). The summed E-state index contributed by atoms with van der Waals surface area (Å²) in [6, 6.07) is 4.53. The molecule has 0 aliphatic carbocycles. The first kappa shape index (κ1) is 13.8. The van der Waals surface area contributed by atoms with Crippen LogP contribution in [0.4, 0.5) is 5.69 Å². The molecule has 0 saturated carbocycles. The molecular weight excluding hydrogens is 236 g/mol. The SMILES string of the molecule is CCNC(=O)COC(=O)c1ccc(OC)c(N)c1. The molecule has 0 fully saturated rings. The minimum absolute atomic E-state index is 0.276. The molecule has 0 atom stereocenters. The second-order valence-corrected chi connectivity index (χ2v) is 3.49. The van der Waals surface area contributed by atoms with E-state index in [-0.39, 0.29) is 18.1 Å². The van der Waals surface area contributed by atoms with Gasteiger partial charge in [-0.25, -0.2) is 4.79 Å². The molecular formula is C12H16N2O4. The molecule has 6 nitrogen and oxygen atoms in total. The van der Waals surface area contributed by atoms with Crippen LogP contribution in [-0.2, 0) is 9.53 Å². The first-order valence-corrected chi connectivity index (χ1v) is 5.45. The van der Waals surface area contributed by atoms with E-state index in [4.69, 9.17) is 15.2 Å². The van der Waals surface area contributed by atoms with Gasteiger partial charge < -0.3 is 20.5 Å². The largest absolute Gasteiger partial charge is 0.495 e. The van der Waals surface area contributed by atoms with Crippen LogP contribution in [0.2, 0.25) is 0 Å². The summed E-state index contributed by atoms with van der Waals surface area (Å²) in [4.78, 5) is 22.7. The van der Waals surface area contributed by atoms with E-state index < -0.39 is 5.97 Å². The zero-order valence-electron chi connectivity index (χ0n) is 10.4. The molecule has 1 rings (SSSR count). The van der Waals surface area contributed by atoms with Crippen molar-refractivity contribution in [3.63, 3.8) is 0 Å². The Morgan fingerprint density at radius 2 is 2.11 bits per heavy atom. The van der Waals surface area contributed by atoms with Crippen LogP contribution in [0, 0.1) is 0 Å². The third-order valence-electron chi connectivity index (χ3n) is 2.17. The molecule has 0 aliphatic heterocycles. The molecule has 0 unspecified atom stereocenters. The van der Waals surface area contributed by atoms with Gasteiger partial charge in [-0.05, 0) is 25.1 Å². The van der Waals surface area contributed by atoms with Crippen LogP contribution in [-0.4, -0.2) is 32.1 Å². The summed E-state index contributed by atoms with van der Waals surface area (Å²) in [6.45, 7) is 1.97. The summed E-state index contributed by atoms with van der Waals surface area (Å²) >= 11 is 0. The second kappa shape index (κ2) is 6.48. The number of rotatable bonds is 5. The Morgan fingerprint density at radius 3 is 2.67 bits per heavy atom. The normalized spacial score (nSPS) is 9.67. The molecule has 0 aliphatic rings. The summed E-state index contributed by atoms with van der Waals surface area (Å²) in [6.07, 6.45) is 0. The minimum atomic E-state index is -0.601. The third-order valence-corrected chi connectivity index (χ3v) is 2.17. The molecule has 0 bridgehead atoms. The van der Waals surface area contributed by atoms with Crippen molar-refractivity contribution in [2.75, 3.05) is 26.0 Å². The molecule has 1 aromatic rings. The lowest BCUT2D eigenvalue weighted by atomic mass is 10.2. The van der Waals surface area contributed by atoms with E-state index in [1.165, 1.54) is 19.2 Å². The maximum atomic E-state index is 11.6. The molecule has 0 heterocycles. The van der Waals surface area contributed by atoms with Gasteiger partial charge in [0.1, 0.15) is 5.75 Å². The van der Waals surface area contributed by atoms with Crippen molar-refractivity contribution < 1.29 is 19.1 Å². The van der Waals surface area contributed by atoms with E-state index in [0.29, 0.717) is 18.0 Å². The molecule has 0 saturated heterocycles. The van der Waals surface area contributed by atoms with Gasteiger partial charge in [0.2, 0.25) is 0 Å². The molecule has 0 radical (unpaired) electrons. The summed E-state index contributed by atoms with van der Waals surface area (Å²) < 4.78 is 9.79. The van der Waals surface area contributed by atoms with Crippen LogP contribution in [0.15, 0.2) is 18.2 Å². The number of anilines is 1. The number of esters is 1. The number of likely N-dealkylation sites (N-methyl/N-ethyl adjacent to an activating group) is 1. The number of ether oxygens (including phenoxy) is 2. The van der Waals surface area contributed by atoms with E-state index in [1.807, 2.05) is 0 Å². The number of nitrogens with one attached hydrogen (secondary N) is 1. The fourth-order valence-electron chi connectivity index (χ4n) is 1.32. The maximum absolute atomic E-state index is 11.6. The number of amides is 1. The van der Waals surface area contributed by atoms with Crippen LogP contribution < -0.4 is 15.8 Å². The Morgan fingerprint density at radius 1 is 1.39 bits per heavy atom. The van der Waals surface area contributed by atoms with Crippen LogP contribution >= 0.6 is 0 Å². The van der Waals surface area contributed by atoms with Gasteiger partial charge in [-0.3, -0.25) is 4.79 Å². The highest BCUT2D eigenvalue weighted by atomic mass is 16.5. The number of nitrogens with two attached hydrogens (primary N) is 1. The first-order chi connectivity index (χ1) is 8.58. The Kier molecular flexibility index (Phi) is 4.98. The number of carbonyl (C=O) groups excluding carboxylic acids is 2. The van der Waals surface area contributed by atoms with Crippen molar-refractivity contribution in [3.8, 4) is 5.75 Å². The number of benzene rings is 1. The van der Waals surface area contributed by atoms with Crippen LogP contribution in [0.25, 0.3) is 0 Å². The molecule has 1 aromatic carbocycles. The summed E-state index contributed by atoms with van der Waals surface area (Å²) in [7, 11) is 1.48. The fraction of sp³-hybridized carbons (Fsp3) is 0.333. The molecule has 98 valence electrons. The highest BCUT2D eigenvalue weighted by Crippen LogP contribution is 2.22. The fourth-order valence-corrected chi connectivity index (χ4v) is 1.32. The molecule has 0 aromatic heterocycles. The van der Waals surface area contributed by atoms with Gasteiger partial charge in [0.15, 0.2) is 6.61 Å². The molecule has 6 heteroatoms. The molecule has 18 heavy (non-hydrogen) atoms. The monoisotopic (exact) mass is 252 g/mol. The van der Waals surface area contributed by atoms with Crippen LogP contribution in [0.3, 0.4) is 0 Å². The average Bonchev–Trinajstić information content (AvgIpc) is 2.36. The topological polar surface area (TPSA) is 90.6 Å². The van der Waals surface area contributed by atoms with Gasteiger partial charge in [-0.2, -0.15) is 0 Å². The summed E-state index contributed by atoms with van der Waals surface area (Å²) in [5, 5.41) is 2.52. The highest BCUT2D eigenvalue weighted by molar-refractivity contribution is 5.92. The van der Waals surface area contributed by atoms with E-state index in [9.17, 15) is 9.59 Å². The number of hydrogen-bond donors (Lipinski definition) is 2. The van der Waals surface area contributed by atoms with Gasteiger partial charge in [-0.15, -0.1) is 0 Å². The molecule has 0 spiro atoms. The number of hydrogen-bond acceptors (Lipinski definition) is 5. The molecule has 3 N–H and O–H groups in total.